The minimum Gasteiger partial charge on any atom is -0.329 e. The molecule has 0 spiro atoms. The van der Waals surface area contributed by atoms with Crippen LogP contribution in [0.25, 0.3) is 0 Å². The van der Waals surface area contributed by atoms with E-state index < -0.39 is 0 Å². The molecule has 1 aromatic heterocycles. The van der Waals surface area contributed by atoms with E-state index in [4.69, 9.17) is 5.73 Å². The first-order valence-electron chi connectivity index (χ1n) is 8.02. The van der Waals surface area contributed by atoms with E-state index in [1.165, 1.54) is 44.5 Å². The van der Waals surface area contributed by atoms with Gasteiger partial charge in [-0.25, -0.2) is 0 Å². The molecule has 0 aliphatic carbocycles. The van der Waals surface area contributed by atoms with Crippen LogP contribution in [-0.4, -0.2) is 58.3 Å². The fraction of sp³-hybridized carbons (Fsp3) is 0.800. The highest BCUT2D eigenvalue weighted by Gasteiger charge is 2.31. The van der Waals surface area contributed by atoms with Gasteiger partial charge < -0.3 is 5.73 Å². The van der Waals surface area contributed by atoms with Crippen LogP contribution in [0.3, 0.4) is 0 Å². The largest absolute Gasteiger partial charge is 0.329 e. The minimum atomic E-state index is 0.329. The third kappa shape index (κ3) is 2.75. The fourth-order valence-electron chi connectivity index (χ4n) is 3.74. The summed E-state index contributed by atoms with van der Waals surface area (Å²) in [6, 6.07) is 1.07. The average Bonchev–Trinajstić information content (AvgIpc) is 3.06. The molecule has 0 amide bonds. The first-order valence-corrected chi connectivity index (χ1v) is 8.02. The number of aromatic nitrogens is 2. The molecular formula is C15H27N5. The van der Waals surface area contributed by atoms with Gasteiger partial charge in [0.05, 0.1) is 12.2 Å². The Morgan fingerprint density at radius 3 is 2.95 bits per heavy atom. The zero-order valence-corrected chi connectivity index (χ0v) is 12.5. The molecule has 5 heteroatoms. The molecule has 1 aromatic rings. The summed E-state index contributed by atoms with van der Waals surface area (Å²) in [5, 5.41) is 4.41. The lowest BCUT2D eigenvalue weighted by atomic mass is 10.1. The lowest BCUT2D eigenvalue weighted by Crippen LogP contribution is -2.40. The van der Waals surface area contributed by atoms with Crippen LogP contribution in [0.15, 0.2) is 12.4 Å². The van der Waals surface area contributed by atoms with E-state index >= 15 is 0 Å². The Hall–Kier alpha value is -0.910. The number of fused-ring (bicyclic) bond motifs is 1. The van der Waals surface area contributed by atoms with Gasteiger partial charge >= 0.3 is 0 Å². The van der Waals surface area contributed by atoms with Crippen molar-refractivity contribution in [2.75, 3.05) is 32.7 Å². The number of nitrogens with two attached hydrogens (primary N) is 1. The lowest BCUT2D eigenvalue weighted by Gasteiger charge is -2.31. The highest BCUT2D eigenvalue weighted by atomic mass is 15.3. The molecule has 2 atom stereocenters. The smallest absolute Gasteiger partial charge is 0.0538 e. The molecule has 0 bridgehead atoms. The van der Waals surface area contributed by atoms with Crippen LogP contribution in [0.5, 0.6) is 0 Å². The molecule has 2 unspecified atom stereocenters. The van der Waals surface area contributed by atoms with Gasteiger partial charge in [-0.05, 0) is 39.3 Å². The zero-order chi connectivity index (χ0) is 13.9. The molecule has 0 radical (unpaired) electrons. The van der Waals surface area contributed by atoms with Gasteiger partial charge in [0.15, 0.2) is 0 Å². The Morgan fingerprint density at radius 1 is 1.35 bits per heavy atom. The summed E-state index contributed by atoms with van der Waals surface area (Å²) in [5.74, 6) is 0. The van der Waals surface area contributed by atoms with Crippen LogP contribution >= 0.6 is 0 Å². The van der Waals surface area contributed by atoms with Gasteiger partial charge in [0.25, 0.3) is 0 Å². The summed E-state index contributed by atoms with van der Waals surface area (Å²) in [4.78, 5) is 5.26. The molecule has 2 aliphatic rings. The van der Waals surface area contributed by atoms with Crippen LogP contribution in [0.4, 0.5) is 0 Å². The third-order valence-electron chi connectivity index (χ3n) is 4.86. The van der Waals surface area contributed by atoms with Crippen molar-refractivity contribution in [1.82, 2.24) is 19.6 Å². The lowest BCUT2D eigenvalue weighted by molar-refractivity contribution is 0.176. The molecule has 3 heterocycles. The Kier molecular flexibility index (Phi) is 4.38. The SMILES string of the molecule is CCn1cc(C(CN)N2CCCN3CCCC3C2)cn1. The summed E-state index contributed by atoms with van der Waals surface area (Å²) in [6.45, 7) is 8.60. The van der Waals surface area contributed by atoms with Crippen LogP contribution < -0.4 is 5.73 Å². The Morgan fingerprint density at radius 2 is 2.20 bits per heavy atom. The predicted molar refractivity (Wildman–Crippen MR) is 80.5 cm³/mol. The van der Waals surface area contributed by atoms with Crippen molar-refractivity contribution in [3.05, 3.63) is 18.0 Å². The highest BCUT2D eigenvalue weighted by molar-refractivity contribution is 5.12. The molecule has 0 aromatic carbocycles. The van der Waals surface area contributed by atoms with E-state index in [2.05, 4.69) is 28.0 Å². The summed E-state index contributed by atoms with van der Waals surface area (Å²) in [5.41, 5.74) is 7.36. The zero-order valence-electron chi connectivity index (χ0n) is 12.5. The van der Waals surface area contributed by atoms with E-state index in [1.807, 2.05) is 10.9 Å². The number of rotatable bonds is 4. The average molecular weight is 277 g/mol. The van der Waals surface area contributed by atoms with Gasteiger partial charge in [0.1, 0.15) is 0 Å². The van der Waals surface area contributed by atoms with Gasteiger partial charge in [0, 0.05) is 44.0 Å². The monoisotopic (exact) mass is 277 g/mol. The quantitative estimate of drug-likeness (QED) is 0.894. The topological polar surface area (TPSA) is 50.3 Å². The van der Waals surface area contributed by atoms with Gasteiger partial charge in [-0.3, -0.25) is 14.5 Å². The molecule has 5 nitrogen and oxygen atoms in total. The minimum absolute atomic E-state index is 0.329. The molecule has 2 N–H and O–H groups in total. The van der Waals surface area contributed by atoms with Crippen molar-refractivity contribution in [2.45, 2.75) is 44.8 Å². The van der Waals surface area contributed by atoms with Gasteiger partial charge in [-0.1, -0.05) is 0 Å². The van der Waals surface area contributed by atoms with Crippen LogP contribution in [0.2, 0.25) is 0 Å². The van der Waals surface area contributed by atoms with Gasteiger partial charge in [-0.2, -0.15) is 5.10 Å². The molecule has 112 valence electrons. The van der Waals surface area contributed by atoms with E-state index in [0.29, 0.717) is 12.6 Å². The second kappa shape index (κ2) is 6.24. The van der Waals surface area contributed by atoms with Crippen molar-refractivity contribution in [2.24, 2.45) is 5.73 Å². The predicted octanol–water partition coefficient (Wildman–Crippen LogP) is 1.07. The summed E-state index contributed by atoms with van der Waals surface area (Å²) < 4.78 is 2.00. The van der Waals surface area contributed by atoms with Crippen LogP contribution in [0.1, 0.15) is 37.8 Å². The Labute approximate surface area is 121 Å². The molecule has 2 saturated heterocycles. The van der Waals surface area contributed by atoms with Crippen molar-refractivity contribution < 1.29 is 0 Å². The van der Waals surface area contributed by atoms with Crippen molar-refractivity contribution in [1.29, 1.82) is 0 Å². The Balaban J connectivity index is 1.74. The molecule has 2 fully saturated rings. The summed E-state index contributed by atoms with van der Waals surface area (Å²) in [7, 11) is 0. The first kappa shape index (κ1) is 14.0. The van der Waals surface area contributed by atoms with E-state index in [9.17, 15) is 0 Å². The van der Waals surface area contributed by atoms with Gasteiger partial charge in [-0.15, -0.1) is 0 Å². The molecule has 20 heavy (non-hydrogen) atoms. The summed E-state index contributed by atoms with van der Waals surface area (Å²) >= 11 is 0. The normalized spacial score (nSPS) is 26.4. The fourth-order valence-corrected chi connectivity index (χ4v) is 3.74. The summed E-state index contributed by atoms with van der Waals surface area (Å²) in [6.07, 6.45) is 8.13. The third-order valence-corrected chi connectivity index (χ3v) is 4.86. The molecular weight excluding hydrogens is 250 g/mol. The van der Waals surface area contributed by atoms with E-state index in [1.54, 1.807) is 0 Å². The first-order chi connectivity index (χ1) is 9.81. The van der Waals surface area contributed by atoms with E-state index in [-0.39, 0.29) is 0 Å². The maximum absolute atomic E-state index is 6.08. The second-order valence-corrected chi connectivity index (χ2v) is 6.06. The number of aryl methyl sites for hydroxylation is 1. The van der Waals surface area contributed by atoms with Crippen molar-refractivity contribution in [3.63, 3.8) is 0 Å². The number of hydrogen-bond acceptors (Lipinski definition) is 4. The van der Waals surface area contributed by atoms with Crippen LogP contribution in [0, 0.1) is 0 Å². The number of hydrogen-bond donors (Lipinski definition) is 1. The van der Waals surface area contributed by atoms with Crippen LogP contribution in [-0.2, 0) is 6.54 Å². The standard InChI is InChI=1S/C15H27N5/c1-2-20-11-13(10-17-20)15(9-16)19-8-4-7-18-6-3-5-14(18)12-19/h10-11,14-15H,2-9,12,16H2,1H3. The van der Waals surface area contributed by atoms with Gasteiger partial charge in [0.2, 0.25) is 0 Å². The Bertz CT molecular complexity index is 430. The molecule has 0 saturated carbocycles. The molecule has 3 rings (SSSR count). The molecule has 2 aliphatic heterocycles. The highest BCUT2D eigenvalue weighted by Crippen LogP contribution is 2.27. The van der Waals surface area contributed by atoms with Crippen molar-refractivity contribution >= 4 is 0 Å². The maximum Gasteiger partial charge on any atom is 0.0538 e. The maximum atomic E-state index is 6.08. The number of nitrogens with zero attached hydrogens (tertiary/aromatic N) is 4. The van der Waals surface area contributed by atoms with Crippen molar-refractivity contribution in [3.8, 4) is 0 Å². The second-order valence-electron chi connectivity index (χ2n) is 6.06. The van der Waals surface area contributed by atoms with E-state index in [0.717, 1.165) is 19.1 Å².